The highest BCUT2D eigenvalue weighted by atomic mass is 32.7. The number of phosphoric acid groups is 1. The van der Waals surface area contributed by atoms with Gasteiger partial charge in [-0.05, 0) is 0 Å². The van der Waals surface area contributed by atoms with E-state index in [9.17, 15) is 9.46 Å². The molecule has 7 heterocycles. The zero-order valence-electron chi connectivity index (χ0n) is 21.5. The number of phosphoric ester groups is 1. The van der Waals surface area contributed by atoms with Gasteiger partial charge in [0.15, 0.2) is 47.7 Å². The monoisotopic (exact) mass is 662 g/mol. The highest BCUT2D eigenvalue weighted by Gasteiger charge is 2.53. The van der Waals surface area contributed by atoms with Gasteiger partial charge in [-0.2, -0.15) is 0 Å². The summed E-state index contributed by atoms with van der Waals surface area (Å²) in [6.45, 7) is -1.10. The number of fused-ring (bicyclic) bond motifs is 4. The van der Waals surface area contributed by atoms with Crippen molar-refractivity contribution in [3.8, 4) is 0 Å². The smallest absolute Gasteiger partial charge is 0.382 e. The van der Waals surface area contributed by atoms with Crippen LogP contribution in [0.3, 0.4) is 0 Å². The molecule has 3 aliphatic rings. The number of nitrogens with zero attached hydrogens (tertiary/aromatic N) is 8. The predicted octanol–water partition coefficient (Wildman–Crippen LogP) is 1.38. The molecule has 18 nitrogen and oxygen atoms in total. The zero-order chi connectivity index (χ0) is 30.0. The van der Waals surface area contributed by atoms with Gasteiger partial charge in [-0.1, -0.05) is 12.2 Å². The van der Waals surface area contributed by atoms with Crippen LogP contribution in [0.5, 0.6) is 0 Å². The van der Waals surface area contributed by atoms with Gasteiger partial charge in [-0.3, -0.25) is 18.2 Å². The largest absolute Gasteiger partial charge is 0.472 e. The lowest BCUT2D eigenvalue weighted by molar-refractivity contribution is -0.0583. The molecule has 7 rings (SSSR count). The Balaban J connectivity index is 1.14. The van der Waals surface area contributed by atoms with E-state index < -0.39 is 77.8 Å². The molecule has 3 fully saturated rings. The Hall–Kier alpha value is -2.71. The summed E-state index contributed by atoms with van der Waals surface area (Å²) in [7, 11) is -7.10. The molecule has 230 valence electrons. The lowest BCUT2D eigenvalue weighted by Crippen LogP contribution is -2.36. The minimum atomic E-state index is -4.99. The van der Waals surface area contributed by atoms with Crippen molar-refractivity contribution in [1.82, 2.24) is 39.0 Å². The van der Waals surface area contributed by atoms with E-state index in [0.29, 0.717) is 0 Å². The lowest BCUT2D eigenvalue weighted by Gasteiger charge is -2.27. The number of imidazole rings is 2. The van der Waals surface area contributed by atoms with Crippen molar-refractivity contribution in [2.45, 2.75) is 49.2 Å². The Morgan fingerprint density at radius 1 is 0.884 bits per heavy atom. The van der Waals surface area contributed by atoms with Crippen LogP contribution in [0.1, 0.15) is 12.5 Å². The Morgan fingerprint density at radius 2 is 1.42 bits per heavy atom. The Bertz CT molecular complexity index is 1720. The molecule has 0 saturated carbocycles. The summed E-state index contributed by atoms with van der Waals surface area (Å²) < 4.78 is 80.8. The molecular formula is C20H22F2N10O8P2S. The average molecular weight is 662 g/mol. The van der Waals surface area contributed by atoms with Crippen LogP contribution in [0.15, 0.2) is 25.3 Å². The molecule has 0 radical (unpaired) electrons. The molecule has 0 spiro atoms. The van der Waals surface area contributed by atoms with E-state index in [1.807, 2.05) is 0 Å². The molecule has 0 bridgehead atoms. The quantitative estimate of drug-likeness (QED) is 0.175. The van der Waals surface area contributed by atoms with Crippen molar-refractivity contribution in [3.63, 3.8) is 0 Å². The second kappa shape index (κ2) is 11.0. The minimum Gasteiger partial charge on any atom is -0.382 e. The molecule has 5 N–H and O–H groups in total. The molecular weight excluding hydrogens is 640 g/mol. The van der Waals surface area contributed by atoms with Crippen molar-refractivity contribution >= 4 is 61.6 Å². The SMILES string of the molecule is Nc1ncnc2c1ncn2[C@@H]1O[C@@H]2COP(=O)(O)O[C@H]3[C@@H](F)[C@H](n4cnc5c(N)ncnc54)O[C@@H]3CO[P@@](S)O[C@H]2[C@H]1F. The fraction of sp³-hybridized carbons (Fsp3) is 0.500. The summed E-state index contributed by atoms with van der Waals surface area (Å²) in [6, 6.07) is 0. The van der Waals surface area contributed by atoms with Crippen LogP contribution in [0.2, 0.25) is 0 Å². The summed E-state index contributed by atoms with van der Waals surface area (Å²) in [6.07, 6.45) is -7.34. The second-order valence-electron chi connectivity index (χ2n) is 9.62. The maximum atomic E-state index is 15.9. The Morgan fingerprint density at radius 3 is 2.00 bits per heavy atom. The number of hydrogen-bond donors (Lipinski definition) is 4. The van der Waals surface area contributed by atoms with Crippen LogP contribution >= 0.6 is 27.6 Å². The summed E-state index contributed by atoms with van der Waals surface area (Å²) in [5.41, 5.74) is 12.4. The number of thiol groups is 1. The van der Waals surface area contributed by atoms with Gasteiger partial charge in [0.05, 0.1) is 25.9 Å². The molecule has 10 atom stereocenters. The number of nitrogens with two attached hydrogens (primary N) is 2. The van der Waals surface area contributed by atoms with E-state index in [1.165, 1.54) is 34.4 Å². The van der Waals surface area contributed by atoms with Gasteiger partial charge in [0.25, 0.3) is 0 Å². The van der Waals surface area contributed by atoms with E-state index in [-0.39, 0.29) is 34.0 Å². The van der Waals surface area contributed by atoms with Crippen LogP contribution in [0.4, 0.5) is 20.4 Å². The number of anilines is 2. The molecule has 0 aliphatic carbocycles. The standard InChI is InChI=1S/C20H22F2N10O8P2S/c21-9-13-8(38-19(9)31-5-29-11-15(23)25-3-27-17(11)31)2-36-42(33,34)40-14-7(1-35-41(43)39-13)37-20(10(14)22)32-6-30-12-16(24)26-4-28-18(12)32/h3-10,13-14,19-20,43H,1-2H2,(H,33,34)(H2,23,25,27)(H2,24,26,28)/t7-,8-,9-,10-,13-,14-,19-,20-,41-/m1/s1. The maximum Gasteiger partial charge on any atom is 0.472 e. The molecule has 4 aromatic heterocycles. The summed E-state index contributed by atoms with van der Waals surface area (Å²) in [5, 5.41) is 0. The minimum absolute atomic E-state index is 0.0640. The highest BCUT2D eigenvalue weighted by Crippen LogP contribution is 2.54. The van der Waals surface area contributed by atoms with E-state index in [0.717, 1.165) is 0 Å². The normalized spacial score (nSPS) is 37.2. The number of halogens is 2. The lowest BCUT2D eigenvalue weighted by atomic mass is 10.1. The van der Waals surface area contributed by atoms with Crippen molar-refractivity contribution in [1.29, 1.82) is 0 Å². The Labute approximate surface area is 245 Å². The summed E-state index contributed by atoms with van der Waals surface area (Å²) >= 11 is 4.31. The van der Waals surface area contributed by atoms with E-state index >= 15 is 8.78 Å². The summed E-state index contributed by atoms with van der Waals surface area (Å²) in [4.78, 5) is 34.6. The second-order valence-corrected chi connectivity index (χ2v) is 13.0. The molecule has 4 aromatic rings. The van der Waals surface area contributed by atoms with Gasteiger partial charge in [0, 0.05) is 0 Å². The molecule has 0 amide bonds. The number of aromatic nitrogens is 8. The van der Waals surface area contributed by atoms with Crippen molar-refractivity contribution in [3.05, 3.63) is 25.3 Å². The van der Waals surface area contributed by atoms with Crippen molar-refractivity contribution in [2.75, 3.05) is 24.7 Å². The third-order valence-electron chi connectivity index (χ3n) is 7.07. The Kier molecular flexibility index (Phi) is 7.44. The molecule has 1 unspecified atom stereocenters. The first-order valence-corrected chi connectivity index (χ1v) is 16.3. The molecule has 3 saturated heterocycles. The number of rotatable bonds is 2. The van der Waals surface area contributed by atoms with Gasteiger partial charge in [-0.25, -0.2) is 43.2 Å². The summed E-state index contributed by atoms with van der Waals surface area (Å²) in [5.74, 6) is 0.142. The van der Waals surface area contributed by atoms with E-state index in [2.05, 4.69) is 42.2 Å². The first kappa shape index (κ1) is 29.0. The van der Waals surface area contributed by atoms with Crippen molar-refractivity contribution in [2.24, 2.45) is 0 Å². The number of ether oxygens (including phenoxy) is 2. The van der Waals surface area contributed by atoms with Crippen LogP contribution in [0, 0.1) is 0 Å². The fourth-order valence-electron chi connectivity index (χ4n) is 5.09. The topological polar surface area (TPSA) is 232 Å². The first-order chi connectivity index (χ1) is 20.6. The van der Waals surface area contributed by atoms with E-state index in [4.69, 9.17) is 39.0 Å². The highest BCUT2D eigenvalue weighted by molar-refractivity contribution is 8.41. The molecule has 43 heavy (non-hydrogen) atoms. The van der Waals surface area contributed by atoms with Gasteiger partial charge >= 0.3 is 7.82 Å². The molecule has 0 aromatic carbocycles. The van der Waals surface area contributed by atoms with Crippen LogP contribution in [0.25, 0.3) is 22.3 Å². The molecule has 3 aliphatic heterocycles. The first-order valence-electron chi connectivity index (χ1n) is 12.5. The third-order valence-corrected chi connectivity index (χ3v) is 9.48. The van der Waals surface area contributed by atoms with Gasteiger partial charge < -0.3 is 34.9 Å². The molecule has 23 heteroatoms. The van der Waals surface area contributed by atoms with Gasteiger partial charge in [0.2, 0.25) is 7.58 Å². The number of alkyl halides is 2. The predicted molar refractivity (Wildman–Crippen MR) is 144 cm³/mol. The van der Waals surface area contributed by atoms with Crippen LogP contribution in [-0.4, -0.2) is 93.9 Å². The van der Waals surface area contributed by atoms with E-state index in [1.54, 1.807) is 0 Å². The van der Waals surface area contributed by atoms with Gasteiger partial charge in [-0.15, -0.1) is 0 Å². The zero-order valence-corrected chi connectivity index (χ0v) is 24.2. The fourth-order valence-corrected chi connectivity index (χ4v) is 7.37. The number of nitrogen functional groups attached to an aromatic ring is 2. The van der Waals surface area contributed by atoms with Crippen LogP contribution in [-0.2, 0) is 32.1 Å². The number of hydrogen-bond acceptors (Lipinski definition) is 16. The van der Waals surface area contributed by atoms with Crippen LogP contribution < -0.4 is 11.5 Å². The third kappa shape index (κ3) is 5.12. The van der Waals surface area contributed by atoms with Gasteiger partial charge in [0.1, 0.15) is 48.1 Å². The average Bonchev–Trinajstić information content (AvgIpc) is 3.73. The maximum absolute atomic E-state index is 15.9. The van der Waals surface area contributed by atoms with Crippen molar-refractivity contribution < 1.29 is 45.8 Å².